The van der Waals surface area contributed by atoms with E-state index in [0.717, 1.165) is 25.7 Å². The van der Waals surface area contributed by atoms with Gasteiger partial charge in [-0.1, -0.05) is 12.8 Å². The van der Waals surface area contributed by atoms with Gasteiger partial charge < -0.3 is 5.11 Å². The maximum atomic E-state index is 12.2. The zero-order chi connectivity index (χ0) is 13.2. The molecule has 0 bridgehead atoms. The normalized spacial score (nSPS) is 24.9. The van der Waals surface area contributed by atoms with Crippen LogP contribution < -0.4 is 0 Å². The summed E-state index contributed by atoms with van der Waals surface area (Å²) in [7, 11) is 0. The Morgan fingerprint density at radius 2 is 1.78 bits per heavy atom. The molecule has 18 heavy (non-hydrogen) atoms. The maximum Gasteiger partial charge on any atom is 0.229 e. The Kier molecular flexibility index (Phi) is 4.05. The van der Waals surface area contributed by atoms with Crippen LogP contribution in [0.15, 0.2) is 0 Å². The van der Waals surface area contributed by atoms with E-state index in [1.165, 1.54) is 4.90 Å². The van der Waals surface area contributed by atoms with Crippen molar-refractivity contribution in [1.29, 1.82) is 0 Å². The summed E-state index contributed by atoms with van der Waals surface area (Å²) in [6.07, 6.45) is 6.79. The van der Waals surface area contributed by atoms with Crippen molar-refractivity contribution in [3.8, 4) is 0 Å². The summed E-state index contributed by atoms with van der Waals surface area (Å²) >= 11 is 0. The van der Waals surface area contributed by atoms with Gasteiger partial charge in [0.2, 0.25) is 11.8 Å². The smallest absolute Gasteiger partial charge is 0.229 e. The summed E-state index contributed by atoms with van der Waals surface area (Å²) in [6.45, 7) is 2.02. The summed E-state index contributed by atoms with van der Waals surface area (Å²) in [4.78, 5) is 25.9. The Labute approximate surface area is 108 Å². The SMILES string of the molecule is CC(CCCO)N1C(=O)CC2(CCCC2)CC1=O. The van der Waals surface area contributed by atoms with Crippen molar-refractivity contribution in [1.82, 2.24) is 4.90 Å². The van der Waals surface area contributed by atoms with E-state index in [-0.39, 0.29) is 29.9 Å². The lowest BCUT2D eigenvalue weighted by atomic mass is 9.76. The van der Waals surface area contributed by atoms with E-state index < -0.39 is 0 Å². The molecule has 2 rings (SSSR count). The minimum absolute atomic E-state index is 0.00131. The van der Waals surface area contributed by atoms with Crippen molar-refractivity contribution >= 4 is 11.8 Å². The lowest BCUT2D eigenvalue weighted by Gasteiger charge is -2.39. The summed E-state index contributed by atoms with van der Waals surface area (Å²) in [5.74, 6) is -0.00261. The fraction of sp³-hybridized carbons (Fsp3) is 0.857. The molecule has 102 valence electrons. The Morgan fingerprint density at radius 3 is 2.28 bits per heavy atom. The molecule has 1 heterocycles. The van der Waals surface area contributed by atoms with Gasteiger partial charge in [0.25, 0.3) is 0 Å². The first-order valence-corrected chi connectivity index (χ1v) is 7.04. The third-order valence-electron chi connectivity index (χ3n) is 4.47. The molecule has 0 radical (unpaired) electrons. The number of carbonyl (C=O) groups is 2. The van der Waals surface area contributed by atoms with Crippen LogP contribution in [0.4, 0.5) is 0 Å². The zero-order valence-corrected chi connectivity index (χ0v) is 11.2. The molecule has 2 aliphatic rings. The highest BCUT2D eigenvalue weighted by Gasteiger charge is 2.45. The van der Waals surface area contributed by atoms with Crippen LogP contribution in [0, 0.1) is 5.41 Å². The largest absolute Gasteiger partial charge is 0.396 e. The first-order valence-electron chi connectivity index (χ1n) is 7.04. The number of piperidine rings is 1. The van der Waals surface area contributed by atoms with Crippen molar-refractivity contribution in [2.75, 3.05) is 6.61 Å². The van der Waals surface area contributed by atoms with Crippen LogP contribution in [0.5, 0.6) is 0 Å². The predicted octanol–water partition coefficient (Wildman–Crippen LogP) is 1.86. The second-order valence-electron chi connectivity index (χ2n) is 5.93. The van der Waals surface area contributed by atoms with Gasteiger partial charge in [-0.05, 0) is 38.0 Å². The average Bonchev–Trinajstić information content (AvgIpc) is 2.73. The second kappa shape index (κ2) is 5.39. The minimum atomic E-state index is -0.0732. The number of imide groups is 1. The highest BCUT2D eigenvalue weighted by molar-refractivity contribution is 5.98. The number of hydrogen-bond acceptors (Lipinski definition) is 3. The Hall–Kier alpha value is -0.900. The van der Waals surface area contributed by atoms with E-state index in [0.29, 0.717) is 25.7 Å². The van der Waals surface area contributed by atoms with Crippen LogP contribution in [0.25, 0.3) is 0 Å². The topological polar surface area (TPSA) is 57.6 Å². The number of aliphatic hydroxyl groups excluding tert-OH is 1. The fourth-order valence-electron chi connectivity index (χ4n) is 3.50. The van der Waals surface area contributed by atoms with Gasteiger partial charge in [-0.2, -0.15) is 0 Å². The van der Waals surface area contributed by atoms with Gasteiger partial charge in [0.1, 0.15) is 0 Å². The van der Waals surface area contributed by atoms with Crippen LogP contribution in [-0.2, 0) is 9.59 Å². The number of aliphatic hydroxyl groups is 1. The molecule has 0 aromatic heterocycles. The van der Waals surface area contributed by atoms with Crippen LogP contribution in [-0.4, -0.2) is 34.5 Å². The molecule has 0 aromatic carbocycles. The Bertz CT molecular complexity index is 314. The molecule has 1 N–H and O–H groups in total. The van der Waals surface area contributed by atoms with Gasteiger partial charge >= 0.3 is 0 Å². The van der Waals surface area contributed by atoms with Gasteiger partial charge in [0.05, 0.1) is 0 Å². The molecule has 1 atom stereocenters. The third-order valence-corrected chi connectivity index (χ3v) is 4.47. The monoisotopic (exact) mass is 253 g/mol. The van der Waals surface area contributed by atoms with Gasteiger partial charge in [0, 0.05) is 25.5 Å². The van der Waals surface area contributed by atoms with Gasteiger partial charge in [-0.3, -0.25) is 14.5 Å². The molecule has 1 saturated carbocycles. The highest BCUT2D eigenvalue weighted by Crippen LogP contribution is 2.47. The fourth-order valence-corrected chi connectivity index (χ4v) is 3.50. The van der Waals surface area contributed by atoms with Crippen LogP contribution in [0.2, 0.25) is 0 Å². The lowest BCUT2D eigenvalue weighted by molar-refractivity contribution is -0.156. The Morgan fingerprint density at radius 1 is 1.22 bits per heavy atom. The number of likely N-dealkylation sites (tertiary alicyclic amines) is 1. The van der Waals surface area contributed by atoms with Crippen molar-refractivity contribution in [2.24, 2.45) is 5.41 Å². The zero-order valence-electron chi connectivity index (χ0n) is 11.2. The van der Waals surface area contributed by atoms with Crippen LogP contribution in [0.3, 0.4) is 0 Å². The van der Waals surface area contributed by atoms with E-state index in [4.69, 9.17) is 5.11 Å². The van der Waals surface area contributed by atoms with Gasteiger partial charge in [-0.15, -0.1) is 0 Å². The summed E-state index contributed by atoms with van der Waals surface area (Å²) in [5.41, 5.74) is -0.0125. The van der Waals surface area contributed by atoms with E-state index in [2.05, 4.69) is 0 Å². The molecular formula is C14H23NO3. The molecule has 1 saturated heterocycles. The number of carbonyl (C=O) groups excluding carboxylic acids is 2. The second-order valence-corrected chi connectivity index (χ2v) is 5.93. The van der Waals surface area contributed by atoms with Gasteiger partial charge in [0.15, 0.2) is 0 Å². The standard InChI is InChI=1S/C14H23NO3/c1-11(5-4-8-16)15-12(17)9-14(10-13(15)18)6-2-3-7-14/h11,16H,2-10H2,1H3. The molecule has 1 unspecified atom stereocenters. The summed E-state index contributed by atoms with van der Waals surface area (Å²) < 4.78 is 0. The molecule has 1 spiro atoms. The van der Waals surface area contributed by atoms with Crippen molar-refractivity contribution in [3.63, 3.8) is 0 Å². The first-order chi connectivity index (χ1) is 8.58. The number of rotatable bonds is 4. The van der Waals surface area contributed by atoms with Crippen molar-refractivity contribution < 1.29 is 14.7 Å². The van der Waals surface area contributed by atoms with E-state index in [9.17, 15) is 9.59 Å². The van der Waals surface area contributed by atoms with Crippen LogP contribution in [0.1, 0.15) is 58.3 Å². The quantitative estimate of drug-likeness (QED) is 0.778. The van der Waals surface area contributed by atoms with E-state index >= 15 is 0 Å². The average molecular weight is 253 g/mol. The lowest BCUT2D eigenvalue weighted by Crippen LogP contribution is -2.51. The number of amides is 2. The molecule has 1 aliphatic carbocycles. The molecule has 4 heteroatoms. The molecule has 2 amide bonds. The van der Waals surface area contributed by atoms with Crippen molar-refractivity contribution in [3.05, 3.63) is 0 Å². The van der Waals surface area contributed by atoms with E-state index in [1.54, 1.807) is 0 Å². The van der Waals surface area contributed by atoms with E-state index in [1.807, 2.05) is 6.92 Å². The molecule has 1 aliphatic heterocycles. The summed E-state index contributed by atoms with van der Waals surface area (Å²) in [5, 5.41) is 8.82. The minimum Gasteiger partial charge on any atom is -0.396 e. The van der Waals surface area contributed by atoms with Crippen molar-refractivity contribution in [2.45, 2.75) is 64.3 Å². The molecular weight excluding hydrogens is 230 g/mol. The van der Waals surface area contributed by atoms with Crippen LogP contribution >= 0.6 is 0 Å². The predicted molar refractivity (Wildman–Crippen MR) is 67.8 cm³/mol. The first kappa shape index (κ1) is 13.5. The molecule has 2 fully saturated rings. The molecule has 0 aromatic rings. The number of hydrogen-bond donors (Lipinski definition) is 1. The number of nitrogens with zero attached hydrogens (tertiary/aromatic N) is 1. The summed E-state index contributed by atoms with van der Waals surface area (Å²) in [6, 6.07) is -0.0732. The van der Waals surface area contributed by atoms with Gasteiger partial charge in [-0.25, -0.2) is 0 Å². The highest BCUT2D eigenvalue weighted by atomic mass is 16.3. The maximum absolute atomic E-state index is 12.2. The molecule has 4 nitrogen and oxygen atoms in total. The third kappa shape index (κ3) is 2.58. The Balaban J connectivity index is 2.02.